The van der Waals surface area contributed by atoms with E-state index in [1.807, 2.05) is 44.3 Å². The third-order valence-electron chi connectivity index (χ3n) is 2.54. The van der Waals surface area contributed by atoms with Gasteiger partial charge in [-0.25, -0.2) is 0 Å². The minimum Gasteiger partial charge on any atom is -0.384 e. The lowest BCUT2D eigenvalue weighted by Gasteiger charge is -2.29. The SMILES string of the molecule is CC1=CC(O)c2ccccc2N1C. The van der Waals surface area contributed by atoms with Gasteiger partial charge in [0, 0.05) is 24.0 Å². The van der Waals surface area contributed by atoms with Gasteiger partial charge in [0.2, 0.25) is 0 Å². The molecule has 0 radical (unpaired) electrons. The Morgan fingerprint density at radius 1 is 1.31 bits per heavy atom. The van der Waals surface area contributed by atoms with Crippen molar-refractivity contribution in [3.8, 4) is 0 Å². The highest BCUT2D eigenvalue weighted by atomic mass is 16.3. The maximum atomic E-state index is 9.75. The molecule has 1 aliphatic rings. The molecule has 1 aliphatic heterocycles. The van der Waals surface area contributed by atoms with E-state index in [9.17, 15) is 5.11 Å². The number of rotatable bonds is 0. The molecule has 2 heteroatoms. The molecular formula is C11H13NO. The molecule has 2 rings (SSSR count). The van der Waals surface area contributed by atoms with Gasteiger partial charge in [-0.2, -0.15) is 0 Å². The van der Waals surface area contributed by atoms with Gasteiger partial charge in [0.1, 0.15) is 6.10 Å². The van der Waals surface area contributed by atoms with Crippen molar-refractivity contribution in [2.45, 2.75) is 13.0 Å². The maximum Gasteiger partial charge on any atom is 0.101 e. The number of nitrogens with zero attached hydrogens (tertiary/aromatic N) is 1. The first-order chi connectivity index (χ1) is 6.20. The minimum atomic E-state index is -0.451. The molecule has 0 amide bonds. The number of fused-ring (bicyclic) bond motifs is 1. The summed E-state index contributed by atoms with van der Waals surface area (Å²) in [7, 11) is 2.01. The second-order valence-electron chi connectivity index (χ2n) is 3.37. The molecular weight excluding hydrogens is 162 g/mol. The van der Waals surface area contributed by atoms with Crippen LogP contribution in [0.2, 0.25) is 0 Å². The summed E-state index contributed by atoms with van der Waals surface area (Å²) in [5.74, 6) is 0. The van der Waals surface area contributed by atoms with Crippen LogP contribution in [0.15, 0.2) is 36.0 Å². The van der Waals surface area contributed by atoms with Gasteiger partial charge >= 0.3 is 0 Å². The van der Waals surface area contributed by atoms with Crippen LogP contribution in [-0.2, 0) is 0 Å². The van der Waals surface area contributed by atoms with Crippen molar-refractivity contribution < 1.29 is 5.11 Å². The largest absolute Gasteiger partial charge is 0.384 e. The monoisotopic (exact) mass is 175 g/mol. The van der Waals surface area contributed by atoms with E-state index in [0.29, 0.717) is 0 Å². The number of para-hydroxylation sites is 1. The predicted molar refractivity (Wildman–Crippen MR) is 53.6 cm³/mol. The Morgan fingerprint density at radius 2 is 2.00 bits per heavy atom. The lowest BCUT2D eigenvalue weighted by atomic mass is 10.0. The fraction of sp³-hybridized carbons (Fsp3) is 0.273. The Hall–Kier alpha value is -1.28. The molecule has 1 heterocycles. The van der Waals surface area contributed by atoms with E-state index < -0.39 is 6.10 Å². The van der Waals surface area contributed by atoms with Crippen LogP contribution in [0.3, 0.4) is 0 Å². The highest BCUT2D eigenvalue weighted by molar-refractivity contribution is 5.61. The lowest BCUT2D eigenvalue weighted by molar-refractivity contribution is 0.226. The average Bonchev–Trinajstić information content (AvgIpc) is 2.15. The quantitative estimate of drug-likeness (QED) is 0.652. The van der Waals surface area contributed by atoms with Crippen LogP contribution in [0, 0.1) is 0 Å². The highest BCUT2D eigenvalue weighted by Crippen LogP contribution is 2.33. The van der Waals surface area contributed by atoms with Gasteiger partial charge in [-0.3, -0.25) is 0 Å². The van der Waals surface area contributed by atoms with Crippen LogP contribution in [0.5, 0.6) is 0 Å². The molecule has 0 aliphatic carbocycles. The topological polar surface area (TPSA) is 23.5 Å². The zero-order chi connectivity index (χ0) is 9.42. The van der Waals surface area contributed by atoms with Gasteiger partial charge < -0.3 is 10.0 Å². The normalized spacial score (nSPS) is 21.0. The third-order valence-corrected chi connectivity index (χ3v) is 2.54. The van der Waals surface area contributed by atoms with Crippen LogP contribution >= 0.6 is 0 Å². The summed E-state index contributed by atoms with van der Waals surface area (Å²) >= 11 is 0. The van der Waals surface area contributed by atoms with Crippen molar-refractivity contribution in [2.75, 3.05) is 11.9 Å². The van der Waals surface area contributed by atoms with Crippen molar-refractivity contribution in [1.82, 2.24) is 0 Å². The number of hydrogen-bond acceptors (Lipinski definition) is 2. The summed E-state index contributed by atoms with van der Waals surface area (Å²) in [4.78, 5) is 2.09. The van der Waals surface area contributed by atoms with Crippen LogP contribution in [0.4, 0.5) is 5.69 Å². The highest BCUT2D eigenvalue weighted by Gasteiger charge is 2.18. The number of aliphatic hydroxyl groups excluding tert-OH is 1. The van der Waals surface area contributed by atoms with E-state index in [1.54, 1.807) is 0 Å². The molecule has 68 valence electrons. The second kappa shape index (κ2) is 2.89. The Bertz CT molecular complexity index is 357. The average molecular weight is 175 g/mol. The third kappa shape index (κ3) is 1.23. The molecule has 0 fully saturated rings. The zero-order valence-corrected chi connectivity index (χ0v) is 7.86. The molecule has 0 spiro atoms. The summed E-state index contributed by atoms with van der Waals surface area (Å²) in [6.07, 6.45) is 1.41. The van der Waals surface area contributed by atoms with Gasteiger partial charge in [-0.1, -0.05) is 18.2 Å². The summed E-state index contributed by atoms with van der Waals surface area (Å²) in [5.41, 5.74) is 3.16. The van der Waals surface area contributed by atoms with Crippen molar-refractivity contribution in [2.24, 2.45) is 0 Å². The van der Waals surface area contributed by atoms with E-state index in [4.69, 9.17) is 0 Å². The fourth-order valence-corrected chi connectivity index (χ4v) is 1.66. The minimum absolute atomic E-state index is 0.451. The molecule has 1 aromatic rings. The van der Waals surface area contributed by atoms with Crippen LogP contribution in [0.25, 0.3) is 0 Å². The number of anilines is 1. The van der Waals surface area contributed by atoms with Crippen LogP contribution < -0.4 is 4.90 Å². The molecule has 2 nitrogen and oxygen atoms in total. The lowest BCUT2D eigenvalue weighted by Crippen LogP contribution is -2.21. The molecule has 0 aromatic heterocycles. The number of aliphatic hydroxyl groups is 1. The first-order valence-electron chi connectivity index (χ1n) is 4.39. The summed E-state index contributed by atoms with van der Waals surface area (Å²) < 4.78 is 0. The van der Waals surface area contributed by atoms with Crippen molar-refractivity contribution in [3.05, 3.63) is 41.6 Å². The molecule has 0 saturated heterocycles. The van der Waals surface area contributed by atoms with Crippen LogP contribution in [0.1, 0.15) is 18.6 Å². The molecule has 13 heavy (non-hydrogen) atoms. The smallest absolute Gasteiger partial charge is 0.101 e. The Kier molecular flexibility index (Phi) is 1.85. The Morgan fingerprint density at radius 3 is 2.77 bits per heavy atom. The Labute approximate surface area is 78.1 Å². The van der Waals surface area contributed by atoms with Gasteiger partial charge in [-0.15, -0.1) is 0 Å². The van der Waals surface area contributed by atoms with Crippen molar-refractivity contribution >= 4 is 5.69 Å². The fourth-order valence-electron chi connectivity index (χ4n) is 1.66. The van der Waals surface area contributed by atoms with E-state index >= 15 is 0 Å². The summed E-state index contributed by atoms with van der Waals surface area (Å²) in [6.45, 7) is 2.00. The van der Waals surface area contributed by atoms with Crippen molar-refractivity contribution in [1.29, 1.82) is 0 Å². The van der Waals surface area contributed by atoms with Gasteiger partial charge in [0.15, 0.2) is 0 Å². The number of benzene rings is 1. The van der Waals surface area contributed by atoms with Crippen molar-refractivity contribution in [3.63, 3.8) is 0 Å². The Balaban J connectivity index is 2.55. The molecule has 0 saturated carbocycles. The molecule has 1 N–H and O–H groups in total. The molecule has 1 atom stereocenters. The number of hydrogen-bond donors (Lipinski definition) is 1. The summed E-state index contributed by atoms with van der Waals surface area (Å²) in [6, 6.07) is 7.92. The first-order valence-corrected chi connectivity index (χ1v) is 4.39. The predicted octanol–water partition coefficient (Wildman–Crippen LogP) is 2.07. The molecule has 0 bridgehead atoms. The van der Waals surface area contributed by atoms with Crippen LogP contribution in [-0.4, -0.2) is 12.2 Å². The second-order valence-corrected chi connectivity index (χ2v) is 3.37. The summed E-state index contributed by atoms with van der Waals surface area (Å²) in [5, 5.41) is 9.75. The van der Waals surface area contributed by atoms with E-state index in [0.717, 1.165) is 16.9 Å². The zero-order valence-electron chi connectivity index (χ0n) is 7.86. The van der Waals surface area contributed by atoms with E-state index in [-0.39, 0.29) is 0 Å². The van der Waals surface area contributed by atoms with Gasteiger partial charge in [-0.05, 0) is 19.1 Å². The molecule has 1 aromatic carbocycles. The van der Waals surface area contributed by atoms with Gasteiger partial charge in [0.05, 0.1) is 0 Å². The van der Waals surface area contributed by atoms with Gasteiger partial charge in [0.25, 0.3) is 0 Å². The number of allylic oxidation sites excluding steroid dienone is 1. The molecule has 1 unspecified atom stereocenters. The van der Waals surface area contributed by atoms with E-state index in [1.165, 1.54) is 0 Å². The first kappa shape index (κ1) is 8.32. The standard InChI is InChI=1S/C11H13NO/c1-8-7-11(13)9-5-3-4-6-10(9)12(8)2/h3-7,11,13H,1-2H3. The maximum absolute atomic E-state index is 9.75. The van der Waals surface area contributed by atoms with E-state index in [2.05, 4.69) is 4.90 Å².